The van der Waals surface area contributed by atoms with E-state index in [1.54, 1.807) is 0 Å². The van der Waals surface area contributed by atoms with Crippen molar-refractivity contribution in [2.45, 2.75) is 18.8 Å². The number of hydrogen-bond donors (Lipinski definition) is 0. The monoisotopic (exact) mass is 1450 g/mol. The molecule has 3 aromatic heterocycles. The molecule has 114 heavy (non-hydrogen) atoms. The molecule has 532 valence electrons. The van der Waals surface area contributed by atoms with Crippen LogP contribution in [0.1, 0.15) is 44.9 Å². The molecule has 0 saturated heterocycles. The molecule has 3 aliphatic carbocycles. The SMILES string of the molecule is c1ccc(-c2ccc(-n3c4ccc(-c5ccc6c(c5)-c5ccccc5C6c5cccc(-c6ccccc6)c5)cc4c4ccc5c(c43)-c3ccccc3C5)cc2)cc1.c1ccc(-c2ccc(-n3c4ccc(-c5ccc6c(c5)c5ccccc5n6-c5cccc(-c6ccccc6)c5)cc4c4ccc5c(c43)Cc3ccccc3-5)cc2)cc1. The molecule has 0 fully saturated rings. The first-order valence-corrected chi connectivity index (χ1v) is 39.8. The van der Waals surface area contributed by atoms with Crippen molar-refractivity contribution >= 4 is 65.4 Å². The quantitative estimate of drug-likeness (QED) is 0.130. The summed E-state index contributed by atoms with van der Waals surface area (Å²) in [5.74, 6) is 0.188. The van der Waals surface area contributed by atoms with E-state index in [-0.39, 0.29) is 5.92 Å². The van der Waals surface area contributed by atoms with Crippen molar-refractivity contribution in [3.8, 4) is 117 Å². The lowest BCUT2D eigenvalue weighted by atomic mass is 9.87. The van der Waals surface area contributed by atoms with Gasteiger partial charge < -0.3 is 13.7 Å². The lowest BCUT2D eigenvalue weighted by Gasteiger charge is -2.16. The smallest absolute Gasteiger partial charge is 0.0622 e. The zero-order chi connectivity index (χ0) is 74.9. The Kier molecular flexibility index (Phi) is 15.2. The van der Waals surface area contributed by atoms with E-state index in [0.29, 0.717) is 0 Å². The van der Waals surface area contributed by atoms with Crippen molar-refractivity contribution in [3.05, 3.63) is 451 Å². The van der Waals surface area contributed by atoms with Gasteiger partial charge in [-0.15, -0.1) is 0 Å². The molecule has 3 heteroatoms. The van der Waals surface area contributed by atoms with Crippen molar-refractivity contribution in [1.29, 1.82) is 0 Å². The summed E-state index contributed by atoms with van der Waals surface area (Å²) >= 11 is 0. The first-order chi connectivity index (χ1) is 56.5. The van der Waals surface area contributed by atoms with Crippen molar-refractivity contribution < 1.29 is 0 Å². The van der Waals surface area contributed by atoms with Crippen LogP contribution in [0.2, 0.25) is 0 Å². The zero-order valence-electron chi connectivity index (χ0n) is 62.6. The molecular formula is C111H73N3. The maximum absolute atomic E-state index is 2.51. The molecule has 3 nitrogen and oxygen atoms in total. The number of para-hydroxylation sites is 1. The van der Waals surface area contributed by atoms with Gasteiger partial charge in [0.05, 0.1) is 33.1 Å². The fraction of sp³-hybridized carbons (Fsp3) is 0.0270. The molecule has 1 atom stereocenters. The minimum Gasteiger partial charge on any atom is -0.309 e. The topological polar surface area (TPSA) is 14.8 Å². The van der Waals surface area contributed by atoms with Crippen LogP contribution in [-0.2, 0) is 12.8 Å². The van der Waals surface area contributed by atoms with E-state index in [0.717, 1.165) is 18.5 Å². The highest BCUT2D eigenvalue weighted by atomic mass is 15.0. The Morgan fingerprint density at radius 2 is 0.614 bits per heavy atom. The van der Waals surface area contributed by atoms with Gasteiger partial charge in [-0.05, 0) is 225 Å². The Balaban J connectivity index is 0.000000135. The number of hydrogen-bond acceptors (Lipinski definition) is 0. The van der Waals surface area contributed by atoms with Crippen molar-refractivity contribution in [1.82, 2.24) is 13.7 Å². The van der Waals surface area contributed by atoms with Gasteiger partial charge in [-0.25, -0.2) is 0 Å². The third-order valence-electron chi connectivity index (χ3n) is 24.7. The van der Waals surface area contributed by atoms with Crippen LogP contribution in [-0.4, -0.2) is 13.7 Å². The summed E-state index contributed by atoms with van der Waals surface area (Å²) in [5.41, 5.74) is 43.5. The van der Waals surface area contributed by atoms with Crippen LogP contribution >= 0.6 is 0 Å². The summed E-state index contributed by atoms with van der Waals surface area (Å²) < 4.78 is 7.44. The van der Waals surface area contributed by atoms with Crippen molar-refractivity contribution in [3.63, 3.8) is 0 Å². The highest BCUT2D eigenvalue weighted by molar-refractivity contribution is 6.17. The Morgan fingerprint density at radius 1 is 0.193 bits per heavy atom. The predicted octanol–water partition coefficient (Wildman–Crippen LogP) is 29.0. The second kappa shape index (κ2) is 26.6. The van der Waals surface area contributed by atoms with E-state index in [1.807, 2.05) is 0 Å². The van der Waals surface area contributed by atoms with Crippen LogP contribution in [0.25, 0.3) is 183 Å². The average Bonchev–Trinajstić information content (AvgIpc) is 1.56. The van der Waals surface area contributed by atoms with Gasteiger partial charge in [-0.1, -0.05) is 328 Å². The van der Waals surface area contributed by atoms with E-state index in [9.17, 15) is 0 Å². The molecule has 0 aliphatic heterocycles. The predicted molar refractivity (Wildman–Crippen MR) is 478 cm³/mol. The first-order valence-electron chi connectivity index (χ1n) is 39.8. The highest BCUT2D eigenvalue weighted by Gasteiger charge is 2.32. The lowest BCUT2D eigenvalue weighted by molar-refractivity contribution is 1.02. The van der Waals surface area contributed by atoms with Crippen LogP contribution in [0.4, 0.5) is 0 Å². The summed E-state index contributed by atoms with van der Waals surface area (Å²) in [5, 5.41) is 7.64. The lowest BCUT2D eigenvalue weighted by Crippen LogP contribution is -1.99. The Hall–Kier alpha value is -14.6. The van der Waals surface area contributed by atoms with Crippen LogP contribution in [0.5, 0.6) is 0 Å². The van der Waals surface area contributed by atoms with E-state index in [4.69, 9.17) is 0 Å². The molecule has 0 saturated carbocycles. The second-order valence-corrected chi connectivity index (χ2v) is 30.9. The highest BCUT2D eigenvalue weighted by Crippen LogP contribution is 2.52. The molecular weight excluding hydrogens is 1380 g/mol. The second-order valence-electron chi connectivity index (χ2n) is 30.9. The van der Waals surface area contributed by atoms with Crippen molar-refractivity contribution in [2.24, 2.45) is 0 Å². The Morgan fingerprint density at radius 3 is 1.25 bits per heavy atom. The van der Waals surface area contributed by atoms with Gasteiger partial charge in [0.1, 0.15) is 0 Å². The first kappa shape index (κ1) is 65.3. The van der Waals surface area contributed by atoms with Gasteiger partial charge >= 0.3 is 0 Å². The third-order valence-corrected chi connectivity index (χ3v) is 24.7. The molecule has 3 heterocycles. The van der Waals surface area contributed by atoms with Crippen LogP contribution in [0.3, 0.4) is 0 Å². The third kappa shape index (κ3) is 10.6. The summed E-state index contributed by atoms with van der Waals surface area (Å²) in [4.78, 5) is 0. The van der Waals surface area contributed by atoms with Gasteiger partial charge in [0.15, 0.2) is 0 Å². The van der Waals surface area contributed by atoms with Gasteiger partial charge in [0.2, 0.25) is 0 Å². The fourth-order valence-electron chi connectivity index (χ4n) is 19.4. The van der Waals surface area contributed by atoms with Crippen LogP contribution in [0, 0.1) is 0 Å². The minimum absolute atomic E-state index is 0.188. The number of aromatic nitrogens is 3. The average molecular weight is 1450 g/mol. The Labute approximate surface area is 662 Å². The normalized spacial score (nSPS) is 12.9. The summed E-state index contributed by atoms with van der Waals surface area (Å²) in [6.45, 7) is 0. The molecule has 0 amide bonds. The molecule has 0 N–H and O–H groups in total. The van der Waals surface area contributed by atoms with E-state index < -0.39 is 0 Å². The van der Waals surface area contributed by atoms with Crippen LogP contribution < -0.4 is 0 Å². The molecule has 0 radical (unpaired) electrons. The van der Waals surface area contributed by atoms with E-state index in [1.165, 1.54) is 216 Å². The van der Waals surface area contributed by atoms with Gasteiger partial charge in [-0.3, -0.25) is 0 Å². The molecule has 18 aromatic carbocycles. The summed E-state index contributed by atoms with van der Waals surface area (Å²) in [6, 6.07) is 152. The summed E-state index contributed by atoms with van der Waals surface area (Å²) in [7, 11) is 0. The van der Waals surface area contributed by atoms with Crippen LogP contribution in [0.15, 0.2) is 413 Å². The minimum atomic E-state index is 0.188. The molecule has 1 unspecified atom stereocenters. The van der Waals surface area contributed by atoms with Gasteiger partial charge in [0, 0.05) is 67.3 Å². The van der Waals surface area contributed by atoms with Gasteiger partial charge in [-0.2, -0.15) is 0 Å². The van der Waals surface area contributed by atoms with E-state index >= 15 is 0 Å². The molecule has 0 spiro atoms. The fourth-order valence-corrected chi connectivity index (χ4v) is 19.4. The number of fused-ring (bicyclic) bond motifs is 20. The number of benzene rings is 18. The van der Waals surface area contributed by atoms with Gasteiger partial charge in [0.25, 0.3) is 0 Å². The maximum atomic E-state index is 2.51. The van der Waals surface area contributed by atoms with Crippen molar-refractivity contribution in [2.75, 3.05) is 0 Å². The standard InChI is InChI=1S/C56H37N.C55H36N2/c1-3-12-36(13-4-1)38-22-27-45(28-23-38)57-53-31-26-41(35-52(53)50-30-25-44-33-42-16-7-8-19-46(42)55(44)56(50)57)40-24-29-49-51(34-40)47-20-9-10-21-48(47)54(49)43-18-11-17-39(32-43)37-14-5-2-6-15-37;1-3-12-36(13-4-1)38-22-26-43(27-23-38)57-54-31-25-41(34-50(54)48-29-28-46-45-19-8-7-16-42(45)35-51(46)55(48)57)40-24-30-53-49(33-40)47-20-9-10-21-52(47)56(53)44-18-11-17-39(32-44)37-14-5-2-6-15-37/h1-32,34-35,54H,33H2;1-34H,35H2. The maximum Gasteiger partial charge on any atom is 0.0622 e. The molecule has 24 rings (SSSR count). The number of rotatable bonds is 10. The number of nitrogens with zero attached hydrogens (tertiary/aromatic N) is 3. The molecule has 3 aliphatic rings. The zero-order valence-corrected chi connectivity index (χ0v) is 62.6. The largest absolute Gasteiger partial charge is 0.309 e. The molecule has 0 bridgehead atoms. The summed E-state index contributed by atoms with van der Waals surface area (Å²) in [6.07, 6.45) is 1.90. The Bertz CT molecular complexity index is 7420. The molecule has 21 aromatic rings. The van der Waals surface area contributed by atoms with E-state index in [2.05, 4.69) is 426 Å².